The minimum absolute atomic E-state index is 0.00152. The predicted octanol–water partition coefficient (Wildman–Crippen LogP) is 2.19. The molecule has 0 aromatic heterocycles. The lowest BCUT2D eigenvalue weighted by Crippen LogP contribution is -2.37. The molecule has 124 valence electrons. The summed E-state index contributed by atoms with van der Waals surface area (Å²) in [6.07, 6.45) is 3.60. The van der Waals surface area contributed by atoms with E-state index in [-0.39, 0.29) is 17.9 Å². The Morgan fingerprint density at radius 1 is 1.35 bits per heavy atom. The molecule has 2 aliphatic heterocycles. The molecule has 2 atom stereocenters. The lowest BCUT2D eigenvalue weighted by atomic mass is 10.1. The number of anilines is 1. The van der Waals surface area contributed by atoms with Gasteiger partial charge in [0.1, 0.15) is 0 Å². The zero-order chi connectivity index (χ0) is 16.4. The van der Waals surface area contributed by atoms with Crippen LogP contribution < -0.4 is 4.90 Å². The third-order valence-corrected chi connectivity index (χ3v) is 4.73. The van der Waals surface area contributed by atoms with Crippen LogP contribution in [-0.4, -0.2) is 47.1 Å². The number of rotatable bonds is 4. The third-order valence-electron chi connectivity index (χ3n) is 4.73. The van der Waals surface area contributed by atoms with Gasteiger partial charge in [-0.3, -0.25) is 9.59 Å². The number of aliphatic hydroxyl groups is 1. The Kier molecular flexibility index (Phi) is 4.66. The van der Waals surface area contributed by atoms with E-state index >= 15 is 0 Å². The maximum Gasteiger partial charge on any atom is 0.254 e. The van der Waals surface area contributed by atoms with Crippen LogP contribution in [-0.2, 0) is 4.79 Å². The number of nitrogens with zero attached hydrogens (tertiary/aromatic N) is 2. The molecule has 2 heterocycles. The van der Waals surface area contributed by atoms with Crippen LogP contribution in [0.15, 0.2) is 24.3 Å². The van der Waals surface area contributed by atoms with Gasteiger partial charge in [-0.1, -0.05) is 6.07 Å². The maximum atomic E-state index is 12.8. The first kappa shape index (κ1) is 16.0. The fourth-order valence-corrected chi connectivity index (χ4v) is 3.64. The SMILES string of the molecule is CC(O)CC1CCCN1C(=O)c1cccc(N2CCCC2=O)c1. The highest BCUT2D eigenvalue weighted by atomic mass is 16.3. The summed E-state index contributed by atoms with van der Waals surface area (Å²) in [6.45, 7) is 3.23. The normalized spacial score (nSPS) is 22.7. The van der Waals surface area contributed by atoms with E-state index in [9.17, 15) is 14.7 Å². The first-order valence-electron chi connectivity index (χ1n) is 8.45. The molecule has 0 bridgehead atoms. The molecule has 0 spiro atoms. The van der Waals surface area contributed by atoms with Gasteiger partial charge >= 0.3 is 0 Å². The summed E-state index contributed by atoms with van der Waals surface area (Å²) in [5.74, 6) is 0.129. The Balaban J connectivity index is 1.78. The molecule has 0 radical (unpaired) electrons. The second kappa shape index (κ2) is 6.71. The summed E-state index contributed by atoms with van der Waals surface area (Å²) in [5.41, 5.74) is 1.43. The minimum atomic E-state index is -0.401. The zero-order valence-electron chi connectivity index (χ0n) is 13.6. The monoisotopic (exact) mass is 316 g/mol. The molecule has 0 saturated carbocycles. The van der Waals surface area contributed by atoms with Crippen molar-refractivity contribution in [2.45, 2.75) is 51.2 Å². The third kappa shape index (κ3) is 3.39. The first-order chi connectivity index (χ1) is 11.1. The fraction of sp³-hybridized carbons (Fsp3) is 0.556. The van der Waals surface area contributed by atoms with Crippen LogP contribution in [0.3, 0.4) is 0 Å². The summed E-state index contributed by atoms with van der Waals surface area (Å²) < 4.78 is 0. The van der Waals surface area contributed by atoms with Crippen LogP contribution in [0.5, 0.6) is 0 Å². The molecule has 2 amide bonds. The average molecular weight is 316 g/mol. The zero-order valence-corrected chi connectivity index (χ0v) is 13.6. The summed E-state index contributed by atoms with van der Waals surface area (Å²) >= 11 is 0. The van der Waals surface area contributed by atoms with Crippen molar-refractivity contribution in [2.75, 3.05) is 18.0 Å². The van der Waals surface area contributed by atoms with Crippen molar-refractivity contribution in [3.63, 3.8) is 0 Å². The van der Waals surface area contributed by atoms with Crippen molar-refractivity contribution >= 4 is 17.5 Å². The molecule has 2 fully saturated rings. The molecule has 2 saturated heterocycles. The van der Waals surface area contributed by atoms with Gasteiger partial charge in [0.2, 0.25) is 5.91 Å². The van der Waals surface area contributed by atoms with Crippen molar-refractivity contribution in [3.05, 3.63) is 29.8 Å². The van der Waals surface area contributed by atoms with Crippen LogP contribution in [0.25, 0.3) is 0 Å². The van der Waals surface area contributed by atoms with E-state index in [2.05, 4.69) is 0 Å². The van der Waals surface area contributed by atoms with E-state index in [0.717, 1.165) is 38.0 Å². The molecule has 2 unspecified atom stereocenters. The Bertz CT molecular complexity index is 600. The summed E-state index contributed by atoms with van der Waals surface area (Å²) in [4.78, 5) is 28.3. The Labute approximate surface area is 136 Å². The Morgan fingerprint density at radius 2 is 2.17 bits per heavy atom. The standard InChI is InChI=1S/C18H24N2O3/c1-13(21)11-15-7-3-10-20(15)18(23)14-5-2-6-16(12-14)19-9-4-8-17(19)22/h2,5-6,12-13,15,21H,3-4,7-11H2,1H3. The van der Waals surface area contributed by atoms with Crippen LogP contribution in [0.1, 0.15) is 49.4 Å². The molecule has 5 nitrogen and oxygen atoms in total. The second-order valence-corrected chi connectivity index (χ2v) is 6.58. The van der Waals surface area contributed by atoms with Crippen molar-refractivity contribution in [1.29, 1.82) is 0 Å². The topological polar surface area (TPSA) is 60.9 Å². The maximum absolute atomic E-state index is 12.8. The van der Waals surface area contributed by atoms with Crippen molar-refractivity contribution in [2.24, 2.45) is 0 Å². The summed E-state index contributed by atoms with van der Waals surface area (Å²) in [6, 6.07) is 7.47. The van der Waals surface area contributed by atoms with Gasteiger partial charge in [-0.2, -0.15) is 0 Å². The number of likely N-dealkylation sites (tertiary alicyclic amines) is 1. The highest BCUT2D eigenvalue weighted by Crippen LogP contribution is 2.26. The van der Waals surface area contributed by atoms with Crippen molar-refractivity contribution < 1.29 is 14.7 Å². The van der Waals surface area contributed by atoms with Gasteiger partial charge < -0.3 is 14.9 Å². The number of aliphatic hydroxyl groups excluding tert-OH is 1. The second-order valence-electron chi connectivity index (χ2n) is 6.58. The van der Waals surface area contributed by atoms with Crippen LogP contribution in [0.2, 0.25) is 0 Å². The molecule has 5 heteroatoms. The van der Waals surface area contributed by atoms with E-state index in [4.69, 9.17) is 0 Å². The molecular formula is C18H24N2O3. The molecule has 1 aromatic carbocycles. The van der Waals surface area contributed by atoms with Crippen LogP contribution >= 0.6 is 0 Å². The highest BCUT2D eigenvalue weighted by Gasteiger charge is 2.30. The van der Waals surface area contributed by atoms with E-state index in [1.54, 1.807) is 11.8 Å². The number of carbonyl (C=O) groups is 2. The minimum Gasteiger partial charge on any atom is -0.393 e. The van der Waals surface area contributed by atoms with Gasteiger partial charge in [0.05, 0.1) is 6.10 Å². The molecular weight excluding hydrogens is 292 g/mol. The van der Waals surface area contributed by atoms with E-state index in [1.807, 2.05) is 29.2 Å². The summed E-state index contributed by atoms with van der Waals surface area (Å²) in [7, 11) is 0. The molecule has 1 N–H and O–H groups in total. The van der Waals surface area contributed by atoms with Gasteiger partial charge in [-0.05, 0) is 50.8 Å². The van der Waals surface area contributed by atoms with E-state index in [0.29, 0.717) is 18.4 Å². The van der Waals surface area contributed by atoms with Gasteiger partial charge in [0.15, 0.2) is 0 Å². The van der Waals surface area contributed by atoms with Crippen molar-refractivity contribution in [1.82, 2.24) is 4.90 Å². The molecule has 1 aromatic rings. The fourth-order valence-electron chi connectivity index (χ4n) is 3.64. The number of hydrogen-bond donors (Lipinski definition) is 1. The lowest BCUT2D eigenvalue weighted by molar-refractivity contribution is -0.117. The molecule has 2 aliphatic rings. The van der Waals surface area contributed by atoms with Gasteiger partial charge in [-0.15, -0.1) is 0 Å². The predicted molar refractivity (Wildman–Crippen MR) is 88.4 cm³/mol. The smallest absolute Gasteiger partial charge is 0.254 e. The highest BCUT2D eigenvalue weighted by molar-refractivity contribution is 5.99. The van der Waals surface area contributed by atoms with E-state index < -0.39 is 6.10 Å². The van der Waals surface area contributed by atoms with Gasteiger partial charge in [-0.25, -0.2) is 0 Å². The largest absolute Gasteiger partial charge is 0.393 e. The van der Waals surface area contributed by atoms with Crippen LogP contribution in [0.4, 0.5) is 5.69 Å². The number of benzene rings is 1. The van der Waals surface area contributed by atoms with Gasteiger partial charge in [0.25, 0.3) is 5.91 Å². The Morgan fingerprint density at radius 3 is 2.87 bits per heavy atom. The average Bonchev–Trinajstić information content (AvgIpc) is 3.15. The molecule has 3 rings (SSSR count). The summed E-state index contributed by atoms with van der Waals surface area (Å²) in [5, 5.41) is 9.62. The van der Waals surface area contributed by atoms with Gasteiger partial charge in [0, 0.05) is 36.8 Å². The number of carbonyl (C=O) groups excluding carboxylic acids is 2. The van der Waals surface area contributed by atoms with E-state index in [1.165, 1.54) is 0 Å². The Hall–Kier alpha value is -1.88. The lowest BCUT2D eigenvalue weighted by Gasteiger charge is -2.26. The number of amides is 2. The number of hydrogen-bond acceptors (Lipinski definition) is 3. The molecule has 0 aliphatic carbocycles. The molecule has 23 heavy (non-hydrogen) atoms. The van der Waals surface area contributed by atoms with Crippen molar-refractivity contribution in [3.8, 4) is 0 Å². The first-order valence-corrected chi connectivity index (χ1v) is 8.45. The van der Waals surface area contributed by atoms with Crippen LogP contribution in [0, 0.1) is 0 Å². The quantitative estimate of drug-likeness (QED) is 0.926.